The zero-order chi connectivity index (χ0) is 15.3. The maximum absolute atomic E-state index is 11.9. The van der Waals surface area contributed by atoms with Gasteiger partial charge >= 0.3 is 0 Å². The van der Waals surface area contributed by atoms with Crippen molar-refractivity contribution in [2.24, 2.45) is 18.7 Å². The quantitative estimate of drug-likeness (QED) is 0.733. The lowest BCUT2D eigenvalue weighted by molar-refractivity contribution is -0.132. The molecule has 3 N–H and O–H groups in total. The molecule has 7 heteroatoms. The molecule has 0 fully saturated rings. The highest BCUT2D eigenvalue weighted by molar-refractivity contribution is 5.87. The van der Waals surface area contributed by atoms with Crippen molar-refractivity contribution in [2.75, 3.05) is 13.6 Å². The summed E-state index contributed by atoms with van der Waals surface area (Å²) < 4.78 is 1.84. The average Bonchev–Trinajstić information content (AvgIpc) is 2.79. The van der Waals surface area contributed by atoms with Gasteiger partial charge in [-0.15, -0.1) is 0 Å². The summed E-state index contributed by atoms with van der Waals surface area (Å²) in [4.78, 5) is 29.2. The molecule has 0 aliphatic carbocycles. The van der Waals surface area contributed by atoms with Gasteiger partial charge in [-0.3, -0.25) is 9.59 Å². The second-order valence-electron chi connectivity index (χ2n) is 5.19. The highest BCUT2D eigenvalue weighted by Crippen LogP contribution is 2.00. The van der Waals surface area contributed by atoms with Gasteiger partial charge in [-0.25, -0.2) is 4.98 Å². The Hall–Kier alpha value is -1.89. The fourth-order valence-corrected chi connectivity index (χ4v) is 1.57. The number of carbonyl (C=O) groups is 2. The van der Waals surface area contributed by atoms with E-state index in [0.717, 1.165) is 5.82 Å². The van der Waals surface area contributed by atoms with Crippen LogP contribution in [0.25, 0.3) is 0 Å². The predicted octanol–water partition coefficient (Wildman–Crippen LogP) is -0.522. The molecule has 20 heavy (non-hydrogen) atoms. The van der Waals surface area contributed by atoms with Crippen LogP contribution in [-0.4, -0.2) is 45.9 Å². The van der Waals surface area contributed by atoms with Crippen molar-refractivity contribution in [3.63, 3.8) is 0 Å². The van der Waals surface area contributed by atoms with E-state index < -0.39 is 6.04 Å². The Balaban J connectivity index is 2.43. The smallest absolute Gasteiger partial charge is 0.242 e. The molecule has 1 aromatic rings. The number of rotatable bonds is 6. The SMILES string of the molecule is CC(C)[C@H](N)C(=O)NCC(=O)N(C)Cc1nccn1C. The lowest BCUT2D eigenvalue weighted by atomic mass is 10.1. The van der Waals surface area contributed by atoms with Crippen LogP contribution in [0.1, 0.15) is 19.7 Å². The number of hydrogen-bond donors (Lipinski definition) is 2. The third-order valence-corrected chi connectivity index (χ3v) is 3.16. The van der Waals surface area contributed by atoms with Crippen LogP contribution in [0, 0.1) is 5.92 Å². The molecule has 0 aliphatic heterocycles. The van der Waals surface area contributed by atoms with E-state index in [1.807, 2.05) is 31.7 Å². The van der Waals surface area contributed by atoms with E-state index in [9.17, 15) is 9.59 Å². The molecule has 0 aliphatic rings. The Bertz CT molecular complexity index is 469. The lowest BCUT2D eigenvalue weighted by Gasteiger charge is -2.19. The normalized spacial score (nSPS) is 12.3. The average molecular weight is 281 g/mol. The zero-order valence-electron chi connectivity index (χ0n) is 12.5. The number of carbonyl (C=O) groups excluding carboxylic acids is 2. The second kappa shape index (κ2) is 7.04. The van der Waals surface area contributed by atoms with Gasteiger partial charge in [0.1, 0.15) is 5.82 Å². The first-order chi connectivity index (χ1) is 9.32. The standard InChI is InChI=1S/C13H23N5O2/c1-9(2)12(14)13(20)16-7-11(19)18(4)8-10-15-5-6-17(10)3/h5-6,9,12H,7-8,14H2,1-4H3,(H,16,20)/t12-/m0/s1. The van der Waals surface area contributed by atoms with Crippen molar-refractivity contribution in [2.45, 2.75) is 26.4 Å². The topological polar surface area (TPSA) is 93.2 Å². The highest BCUT2D eigenvalue weighted by Gasteiger charge is 2.19. The highest BCUT2D eigenvalue weighted by atomic mass is 16.2. The molecule has 0 radical (unpaired) electrons. The number of aryl methyl sites for hydroxylation is 1. The minimum absolute atomic E-state index is 0.0374. The van der Waals surface area contributed by atoms with Gasteiger partial charge < -0.3 is 20.5 Å². The number of nitrogens with one attached hydrogen (secondary N) is 1. The summed E-state index contributed by atoms with van der Waals surface area (Å²) in [6, 6.07) is -0.595. The Morgan fingerprint density at radius 2 is 2.15 bits per heavy atom. The van der Waals surface area contributed by atoms with Crippen LogP contribution in [0.4, 0.5) is 0 Å². The maximum Gasteiger partial charge on any atom is 0.242 e. The Morgan fingerprint density at radius 3 is 2.65 bits per heavy atom. The summed E-state index contributed by atoms with van der Waals surface area (Å²) in [6.45, 7) is 4.06. The van der Waals surface area contributed by atoms with E-state index in [2.05, 4.69) is 10.3 Å². The third-order valence-electron chi connectivity index (χ3n) is 3.16. The van der Waals surface area contributed by atoms with Gasteiger partial charge in [0.2, 0.25) is 11.8 Å². The second-order valence-corrected chi connectivity index (χ2v) is 5.19. The van der Waals surface area contributed by atoms with E-state index in [-0.39, 0.29) is 24.3 Å². The van der Waals surface area contributed by atoms with Gasteiger partial charge in [-0.2, -0.15) is 0 Å². The number of nitrogens with two attached hydrogens (primary N) is 1. The van der Waals surface area contributed by atoms with Crippen LogP contribution >= 0.6 is 0 Å². The van der Waals surface area contributed by atoms with Gasteiger partial charge in [-0.1, -0.05) is 13.8 Å². The Morgan fingerprint density at radius 1 is 1.50 bits per heavy atom. The number of aromatic nitrogens is 2. The van der Waals surface area contributed by atoms with Gasteiger partial charge in [0.25, 0.3) is 0 Å². The first-order valence-electron chi connectivity index (χ1n) is 6.56. The summed E-state index contributed by atoms with van der Waals surface area (Å²) in [5.41, 5.74) is 5.70. The number of imidazole rings is 1. The number of hydrogen-bond acceptors (Lipinski definition) is 4. The summed E-state index contributed by atoms with van der Waals surface area (Å²) in [6.07, 6.45) is 3.49. The van der Waals surface area contributed by atoms with E-state index in [4.69, 9.17) is 5.73 Å². The Labute approximate surface area is 119 Å². The lowest BCUT2D eigenvalue weighted by Crippen LogP contribution is -2.47. The van der Waals surface area contributed by atoms with Gasteiger partial charge in [0.15, 0.2) is 0 Å². The minimum Gasteiger partial charge on any atom is -0.346 e. The van der Waals surface area contributed by atoms with Crippen molar-refractivity contribution in [3.05, 3.63) is 18.2 Å². The fourth-order valence-electron chi connectivity index (χ4n) is 1.57. The molecule has 1 atom stereocenters. The Kier molecular flexibility index (Phi) is 5.69. The molecule has 7 nitrogen and oxygen atoms in total. The van der Waals surface area contributed by atoms with Crippen LogP contribution in [-0.2, 0) is 23.2 Å². The van der Waals surface area contributed by atoms with Crippen LogP contribution in [0.2, 0.25) is 0 Å². The molecule has 0 saturated carbocycles. The molecule has 1 aromatic heterocycles. The molecule has 1 rings (SSSR count). The first-order valence-corrected chi connectivity index (χ1v) is 6.56. The van der Waals surface area contributed by atoms with E-state index in [0.29, 0.717) is 6.54 Å². The fraction of sp³-hybridized carbons (Fsp3) is 0.615. The number of likely N-dealkylation sites (N-methyl/N-ethyl adjacent to an activating group) is 1. The zero-order valence-corrected chi connectivity index (χ0v) is 12.5. The molecular formula is C13H23N5O2. The van der Waals surface area contributed by atoms with E-state index in [1.165, 1.54) is 4.90 Å². The van der Waals surface area contributed by atoms with Gasteiger partial charge in [-0.05, 0) is 5.92 Å². The molecular weight excluding hydrogens is 258 g/mol. The molecule has 0 saturated heterocycles. The summed E-state index contributed by atoms with van der Waals surface area (Å²) >= 11 is 0. The van der Waals surface area contributed by atoms with Crippen molar-refractivity contribution in [1.82, 2.24) is 19.8 Å². The number of nitrogens with zero attached hydrogens (tertiary/aromatic N) is 3. The predicted molar refractivity (Wildman–Crippen MR) is 75.5 cm³/mol. The van der Waals surface area contributed by atoms with Crippen LogP contribution in [0.3, 0.4) is 0 Å². The van der Waals surface area contributed by atoms with Gasteiger partial charge in [0, 0.05) is 26.5 Å². The molecule has 0 unspecified atom stereocenters. The molecule has 2 amide bonds. The van der Waals surface area contributed by atoms with Crippen molar-refractivity contribution >= 4 is 11.8 Å². The summed E-state index contributed by atoms with van der Waals surface area (Å²) in [5.74, 6) is 0.331. The van der Waals surface area contributed by atoms with Crippen LogP contribution in [0.15, 0.2) is 12.4 Å². The van der Waals surface area contributed by atoms with Crippen LogP contribution < -0.4 is 11.1 Å². The molecule has 0 spiro atoms. The van der Waals surface area contributed by atoms with E-state index >= 15 is 0 Å². The van der Waals surface area contributed by atoms with Crippen molar-refractivity contribution in [1.29, 1.82) is 0 Å². The monoisotopic (exact) mass is 281 g/mol. The minimum atomic E-state index is -0.595. The third kappa shape index (κ3) is 4.34. The summed E-state index contributed by atoms with van der Waals surface area (Å²) in [5, 5.41) is 2.56. The first kappa shape index (κ1) is 16.2. The molecule has 1 heterocycles. The largest absolute Gasteiger partial charge is 0.346 e. The maximum atomic E-state index is 11.9. The van der Waals surface area contributed by atoms with Crippen molar-refractivity contribution in [3.8, 4) is 0 Å². The van der Waals surface area contributed by atoms with Crippen LogP contribution in [0.5, 0.6) is 0 Å². The van der Waals surface area contributed by atoms with Gasteiger partial charge in [0.05, 0.1) is 19.1 Å². The molecule has 112 valence electrons. The number of amides is 2. The molecule has 0 aromatic carbocycles. The molecule has 0 bridgehead atoms. The van der Waals surface area contributed by atoms with Crippen molar-refractivity contribution < 1.29 is 9.59 Å². The summed E-state index contributed by atoms with van der Waals surface area (Å²) in [7, 11) is 3.54. The van der Waals surface area contributed by atoms with E-state index in [1.54, 1.807) is 13.2 Å².